The summed E-state index contributed by atoms with van der Waals surface area (Å²) in [6, 6.07) is 27.4. The first kappa shape index (κ1) is 34.6. The number of rotatable bonds is 15. The fourth-order valence-corrected chi connectivity index (χ4v) is 6.03. The van der Waals surface area contributed by atoms with Gasteiger partial charge >= 0.3 is 0 Å². The molecule has 2 N–H and O–H groups in total. The van der Waals surface area contributed by atoms with E-state index in [-0.39, 0.29) is 31.4 Å². The highest BCUT2D eigenvalue weighted by molar-refractivity contribution is 6.35. The summed E-state index contributed by atoms with van der Waals surface area (Å²) in [4.78, 5) is 22.6. The number of carbonyl (C=O) groups excluding carboxylic acids is 1. The fraction of sp³-hybridized carbons (Fsp3) is 0.278. The van der Waals surface area contributed by atoms with Gasteiger partial charge in [-0.1, -0.05) is 70.8 Å². The van der Waals surface area contributed by atoms with Crippen molar-refractivity contribution in [3.8, 4) is 11.5 Å². The molecule has 48 heavy (non-hydrogen) atoms. The lowest BCUT2D eigenvalue weighted by atomic mass is 9.80. The van der Waals surface area contributed by atoms with Crippen LogP contribution in [0.25, 0.3) is 10.4 Å². The van der Waals surface area contributed by atoms with Gasteiger partial charge in [-0.15, -0.1) is 0 Å². The van der Waals surface area contributed by atoms with E-state index in [9.17, 15) is 4.79 Å². The summed E-state index contributed by atoms with van der Waals surface area (Å²) >= 11 is 13.1. The summed E-state index contributed by atoms with van der Waals surface area (Å²) in [5, 5.41) is 16.8. The van der Waals surface area contributed by atoms with E-state index in [0.29, 0.717) is 52.9 Å². The van der Waals surface area contributed by atoms with Gasteiger partial charge in [-0.2, -0.15) is 0 Å². The summed E-state index contributed by atoms with van der Waals surface area (Å²) in [7, 11) is 1.61. The Bertz CT molecular complexity index is 1800. The number of azide groups is 1. The van der Waals surface area contributed by atoms with E-state index in [0.717, 1.165) is 22.4 Å². The van der Waals surface area contributed by atoms with Crippen molar-refractivity contribution in [1.29, 1.82) is 0 Å². The van der Waals surface area contributed by atoms with E-state index >= 15 is 0 Å². The van der Waals surface area contributed by atoms with Crippen LogP contribution in [0.4, 0.5) is 0 Å². The predicted molar refractivity (Wildman–Crippen MR) is 186 cm³/mol. The van der Waals surface area contributed by atoms with E-state index in [1.54, 1.807) is 49.6 Å². The number of hydrogen-bond acceptors (Lipinski definition) is 7. The first-order valence-corrected chi connectivity index (χ1v) is 16.2. The zero-order chi connectivity index (χ0) is 33.9. The molecule has 1 amide bonds. The quantitative estimate of drug-likeness (QED) is 0.0579. The van der Waals surface area contributed by atoms with Crippen molar-refractivity contribution >= 4 is 35.0 Å². The summed E-state index contributed by atoms with van der Waals surface area (Å²) < 4.78 is 17.6. The first-order chi connectivity index (χ1) is 23.4. The zero-order valence-electron chi connectivity index (χ0n) is 26.3. The van der Waals surface area contributed by atoms with Crippen molar-refractivity contribution in [1.82, 2.24) is 5.32 Å². The van der Waals surface area contributed by atoms with Gasteiger partial charge in [0, 0.05) is 52.1 Å². The SMILES string of the molecule is COc1ccc(CCNC(=O)[C@]2(Cc3ccccc3CN=[N+]=[N-])N=C(c3ccc(OCCCO)cc3)O[C@@H]2c2ccc(Cl)cc2Cl)cc1. The molecule has 2 atom stereocenters. The number of nitrogens with one attached hydrogen (secondary N) is 1. The minimum absolute atomic E-state index is 0.0353. The molecule has 4 aromatic rings. The Hall–Kier alpha value is -4.73. The molecule has 0 bridgehead atoms. The van der Waals surface area contributed by atoms with Crippen LogP contribution >= 0.6 is 23.2 Å². The highest BCUT2D eigenvalue weighted by Gasteiger charge is 2.54. The first-order valence-electron chi connectivity index (χ1n) is 15.4. The van der Waals surface area contributed by atoms with Crippen LogP contribution in [0.2, 0.25) is 10.0 Å². The van der Waals surface area contributed by atoms with Gasteiger partial charge in [0.25, 0.3) is 5.91 Å². The second kappa shape index (κ2) is 16.4. The Morgan fingerprint density at radius 1 is 1.04 bits per heavy atom. The predicted octanol–water partition coefficient (Wildman–Crippen LogP) is 7.43. The molecule has 10 nitrogen and oxygen atoms in total. The van der Waals surface area contributed by atoms with Crippen molar-refractivity contribution in [3.63, 3.8) is 0 Å². The molecule has 0 unspecified atom stereocenters. The van der Waals surface area contributed by atoms with E-state index in [4.69, 9.17) is 53.0 Å². The topological polar surface area (TPSA) is 138 Å². The Labute approximate surface area is 288 Å². The lowest BCUT2D eigenvalue weighted by molar-refractivity contribution is -0.128. The normalized spacial score (nSPS) is 16.8. The third-order valence-electron chi connectivity index (χ3n) is 8.02. The Balaban J connectivity index is 1.56. The Morgan fingerprint density at radius 2 is 1.77 bits per heavy atom. The number of aliphatic hydroxyl groups is 1. The van der Waals surface area contributed by atoms with Crippen molar-refractivity contribution in [3.05, 3.63) is 139 Å². The van der Waals surface area contributed by atoms with Gasteiger partial charge in [0.1, 0.15) is 11.5 Å². The molecule has 248 valence electrons. The molecule has 1 aliphatic heterocycles. The number of nitrogens with zero attached hydrogens (tertiary/aromatic N) is 4. The number of benzene rings is 4. The highest BCUT2D eigenvalue weighted by atomic mass is 35.5. The van der Waals surface area contributed by atoms with Crippen molar-refractivity contribution in [2.24, 2.45) is 10.1 Å². The molecule has 0 saturated heterocycles. The average Bonchev–Trinajstić information content (AvgIpc) is 3.48. The van der Waals surface area contributed by atoms with Gasteiger partial charge in [0.2, 0.25) is 5.90 Å². The molecule has 0 radical (unpaired) electrons. The number of amides is 1. The summed E-state index contributed by atoms with van der Waals surface area (Å²) in [5.41, 5.74) is 11.3. The van der Waals surface area contributed by atoms with Crippen LogP contribution in [0.1, 0.15) is 40.3 Å². The van der Waals surface area contributed by atoms with Crippen molar-refractivity contribution in [2.75, 3.05) is 26.9 Å². The molecule has 4 aromatic carbocycles. The van der Waals surface area contributed by atoms with Crippen molar-refractivity contribution < 1.29 is 24.1 Å². The van der Waals surface area contributed by atoms with Gasteiger partial charge in [0.15, 0.2) is 11.6 Å². The summed E-state index contributed by atoms with van der Waals surface area (Å²) in [6.07, 6.45) is 0.263. The van der Waals surface area contributed by atoms with Crippen LogP contribution in [0, 0.1) is 0 Å². The van der Waals surface area contributed by atoms with Gasteiger partial charge in [-0.25, -0.2) is 4.99 Å². The lowest BCUT2D eigenvalue weighted by Crippen LogP contribution is -2.50. The monoisotopic (exact) mass is 687 g/mol. The minimum atomic E-state index is -1.52. The molecular formula is C36H35Cl2N5O5. The number of methoxy groups -OCH3 is 1. The summed E-state index contributed by atoms with van der Waals surface area (Å²) in [6.45, 7) is 0.843. The molecule has 0 fully saturated rings. The van der Waals surface area contributed by atoms with Crippen LogP contribution in [0.3, 0.4) is 0 Å². The standard InChI is InChI=1S/C36H35Cl2N5O5/c1-46-29-12-7-24(8-13-29)17-18-40-35(45)36(22-26-5-2-3-6-27(26)23-41-43-39)33(31-16-11-28(37)21-32(31)38)48-34(42-36)25-9-14-30(15-10-25)47-20-4-19-44/h2-3,5-16,21,33,44H,4,17-20,22-23H2,1H3,(H,40,45)/t33-,36-/m1/s1. The molecule has 0 aromatic heterocycles. The highest BCUT2D eigenvalue weighted by Crippen LogP contribution is 2.45. The van der Waals surface area contributed by atoms with Crippen LogP contribution in [-0.2, 0) is 28.9 Å². The molecule has 5 rings (SSSR count). The third kappa shape index (κ3) is 8.21. The maximum atomic E-state index is 14.6. The molecule has 1 heterocycles. The van der Waals surface area contributed by atoms with Gasteiger partial charge < -0.3 is 24.6 Å². The van der Waals surface area contributed by atoms with Crippen LogP contribution in [0.15, 0.2) is 101 Å². The third-order valence-corrected chi connectivity index (χ3v) is 8.58. The van der Waals surface area contributed by atoms with Gasteiger partial charge in [-0.3, -0.25) is 4.79 Å². The van der Waals surface area contributed by atoms with Crippen LogP contribution < -0.4 is 14.8 Å². The molecule has 1 aliphatic rings. The largest absolute Gasteiger partial charge is 0.497 e. The van der Waals surface area contributed by atoms with E-state index < -0.39 is 11.6 Å². The minimum Gasteiger partial charge on any atom is -0.497 e. The lowest BCUT2D eigenvalue weighted by Gasteiger charge is -2.32. The average molecular weight is 689 g/mol. The van der Waals surface area contributed by atoms with E-state index in [1.165, 1.54) is 0 Å². The maximum absolute atomic E-state index is 14.6. The molecular weight excluding hydrogens is 653 g/mol. The van der Waals surface area contributed by atoms with Gasteiger partial charge in [-0.05, 0) is 77.2 Å². The number of ether oxygens (including phenoxy) is 3. The van der Waals surface area contributed by atoms with Crippen molar-refractivity contribution in [2.45, 2.75) is 37.5 Å². The van der Waals surface area contributed by atoms with Gasteiger partial charge in [0.05, 0.1) is 20.3 Å². The molecule has 12 heteroatoms. The number of carbonyl (C=O) groups is 1. The van der Waals surface area contributed by atoms with E-state index in [1.807, 2.05) is 48.5 Å². The molecule has 0 saturated carbocycles. The summed E-state index contributed by atoms with van der Waals surface area (Å²) in [5.74, 6) is 1.27. The van der Waals surface area contributed by atoms with Crippen LogP contribution in [0.5, 0.6) is 11.5 Å². The number of aliphatic imine (C=N–C) groups is 1. The second-order valence-electron chi connectivity index (χ2n) is 11.1. The maximum Gasteiger partial charge on any atom is 0.252 e. The van der Waals surface area contributed by atoms with E-state index in [2.05, 4.69) is 15.3 Å². The number of hydrogen-bond donors (Lipinski definition) is 2. The Morgan fingerprint density at radius 3 is 2.46 bits per heavy atom. The molecule has 0 aliphatic carbocycles. The fourth-order valence-electron chi connectivity index (χ4n) is 5.52. The zero-order valence-corrected chi connectivity index (χ0v) is 27.8. The smallest absolute Gasteiger partial charge is 0.252 e. The molecule has 0 spiro atoms. The second-order valence-corrected chi connectivity index (χ2v) is 12.0. The Kier molecular flexibility index (Phi) is 11.8. The van der Waals surface area contributed by atoms with Crippen LogP contribution in [-0.4, -0.2) is 49.3 Å². The number of aliphatic hydroxyl groups excluding tert-OH is 1. The number of halogens is 2.